The van der Waals surface area contributed by atoms with Gasteiger partial charge in [-0.1, -0.05) is 5.16 Å². The van der Waals surface area contributed by atoms with E-state index in [4.69, 9.17) is 9.26 Å². The molecule has 0 aromatic carbocycles. The Balaban J connectivity index is 1.87. The maximum Gasteiger partial charge on any atom is 0.258 e. The van der Waals surface area contributed by atoms with Crippen LogP contribution in [-0.2, 0) is 15.1 Å². The van der Waals surface area contributed by atoms with Crippen LogP contribution in [0.15, 0.2) is 4.52 Å². The van der Waals surface area contributed by atoms with Gasteiger partial charge in [0.05, 0.1) is 4.75 Å². The lowest BCUT2D eigenvalue weighted by Crippen LogP contribution is -2.26. The minimum absolute atomic E-state index is 0.133. The summed E-state index contributed by atoms with van der Waals surface area (Å²) in [6.07, 6.45) is 8.83. The summed E-state index contributed by atoms with van der Waals surface area (Å²) in [7, 11) is 0. The van der Waals surface area contributed by atoms with E-state index in [2.05, 4.69) is 16.4 Å². The molecule has 2 saturated carbocycles. The quantitative estimate of drug-likeness (QED) is 0.820. The molecule has 5 heteroatoms. The van der Waals surface area contributed by atoms with Crippen molar-refractivity contribution in [3.63, 3.8) is 0 Å². The molecule has 0 saturated heterocycles. The summed E-state index contributed by atoms with van der Waals surface area (Å²) in [5.74, 6) is 1.58. The van der Waals surface area contributed by atoms with Gasteiger partial charge in [-0.3, -0.25) is 0 Å². The summed E-state index contributed by atoms with van der Waals surface area (Å²) >= 11 is 1.83. The molecule has 0 radical (unpaired) electrons. The first kappa shape index (κ1) is 12.5. The summed E-state index contributed by atoms with van der Waals surface area (Å²) in [5.41, 5.74) is -0.297. The fraction of sp³-hybridized carbons (Fsp3) is 0.846. The Morgan fingerprint density at radius 2 is 2.00 bits per heavy atom. The van der Waals surface area contributed by atoms with Crippen LogP contribution in [-0.4, -0.2) is 23.0 Å². The topological polar surface area (TPSA) is 48.2 Å². The van der Waals surface area contributed by atoms with Crippen molar-refractivity contribution in [1.82, 2.24) is 10.1 Å². The van der Waals surface area contributed by atoms with E-state index in [1.807, 2.05) is 18.7 Å². The van der Waals surface area contributed by atoms with Gasteiger partial charge in [0.2, 0.25) is 0 Å². The van der Waals surface area contributed by atoms with E-state index in [9.17, 15) is 0 Å². The molecule has 1 aromatic rings. The number of hydrogen-bond acceptors (Lipinski definition) is 5. The lowest BCUT2D eigenvalue weighted by Gasteiger charge is -2.24. The molecule has 100 valence electrons. The Bertz CT molecular complexity index is 422. The molecule has 2 fully saturated rings. The van der Waals surface area contributed by atoms with Crippen molar-refractivity contribution in [2.75, 3.05) is 12.9 Å². The van der Waals surface area contributed by atoms with E-state index in [-0.39, 0.29) is 10.3 Å². The number of thioether (sulfide) groups is 1. The standard InChI is InChI=1S/C13H20N2O2S/c1-3-16-12(6-4-5-7-12)11-14-10(15-17-11)13(18-2)8-9-13/h3-9H2,1-2H3. The molecule has 0 amide bonds. The Morgan fingerprint density at radius 1 is 1.28 bits per heavy atom. The van der Waals surface area contributed by atoms with Crippen molar-refractivity contribution >= 4 is 11.8 Å². The molecular formula is C13H20N2O2S. The number of aromatic nitrogens is 2. The van der Waals surface area contributed by atoms with E-state index in [0.29, 0.717) is 12.5 Å². The number of nitrogens with zero attached hydrogens (tertiary/aromatic N) is 2. The Hall–Kier alpha value is -0.550. The largest absolute Gasteiger partial charge is 0.365 e. The molecule has 1 heterocycles. The van der Waals surface area contributed by atoms with E-state index >= 15 is 0 Å². The van der Waals surface area contributed by atoms with Gasteiger partial charge >= 0.3 is 0 Å². The molecule has 2 aliphatic rings. The van der Waals surface area contributed by atoms with Crippen LogP contribution >= 0.6 is 11.8 Å². The molecule has 0 unspecified atom stereocenters. The minimum Gasteiger partial charge on any atom is -0.365 e. The predicted molar refractivity (Wildman–Crippen MR) is 70.5 cm³/mol. The van der Waals surface area contributed by atoms with Crippen LogP contribution < -0.4 is 0 Å². The normalized spacial score (nSPS) is 24.3. The SMILES string of the molecule is CCOC1(c2nc(C3(SC)CC3)no2)CCCC1. The molecule has 0 N–H and O–H groups in total. The molecular weight excluding hydrogens is 248 g/mol. The number of ether oxygens (including phenoxy) is 1. The van der Waals surface area contributed by atoms with Gasteiger partial charge in [-0.25, -0.2) is 0 Å². The first-order chi connectivity index (χ1) is 8.75. The zero-order chi connectivity index (χ0) is 12.6. The molecule has 0 atom stereocenters. The van der Waals surface area contributed by atoms with Crippen LogP contribution in [0.25, 0.3) is 0 Å². The first-order valence-electron chi connectivity index (χ1n) is 6.78. The lowest BCUT2D eigenvalue weighted by atomic mass is 10.0. The summed E-state index contributed by atoms with van der Waals surface area (Å²) in [4.78, 5) is 4.66. The average Bonchev–Trinajstić information content (AvgIpc) is 2.80. The lowest BCUT2D eigenvalue weighted by molar-refractivity contribution is -0.0610. The summed E-state index contributed by atoms with van der Waals surface area (Å²) in [6, 6.07) is 0. The monoisotopic (exact) mass is 268 g/mol. The van der Waals surface area contributed by atoms with Gasteiger partial charge in [0.15, 0.2) is 5.82 Å². The van der Waals surface area contributed by atoms with Crippen molar-refractivity contribution in [3.8, 4) is 0 Å². The average molecular weight is 268 g/mol. The second-order valence-corrected chi connectivity index (χ2v) is 6.45. The van der Waals surface area contributed by atoms with Gasteiger partial charge < -0.3 is 9.26 Å². The third-order valence-corrected chi connectivity index (χ3v) is 5.52. The van der Waals surface area contributed by atoms with Crippen molar-refractivity contribution in [3.05, 3.63) is 11.7 Å². The van der Waals surface area contributed by atoms with Crippen LogP contribution in [0.4, 0.5) is 0 Å². The second kappa shape index (κ2) is 4.53. The third kappa shape index (κ3) is 1.88. The Labute approximate surface area is 112 Å². The fourth-order valence-electron chi connectivity index (χ4n) is 2.87. The van der Waals surface area contributed by atoms with E-state index in [1.165, 1.54) is 12.8 Å². The molecule has 2 aliphatic carbocycles. The van der Waals surface area contributed by atoms with Crippen LogP contribution in [0, 0.1) is 0 Å². The Kier molecular flexibility index (Phi) is 3.14. The second-order valence-electron chi connectivity index (χ2n) is 5.26. The third-order valence-electron chi connectivity index (χ3n) is 4.15. The van der Waals surface area contributed by atoms with Crippen LogP contribution in [0.3, 0.4) is 0 Å². The molecule has 0 bridgehead atoms. The highest BCUT2D eigenvalue weighted by atomic mass is 32.2. The van der Waals surface area contributed by atoms with Crippen molar-refractivity contribution in [2.45, 2.75) is 55.8 Å². The fourth-order valence-corrected chi connectivity index (χ4v) is 3.64. The van der Waals surface area contributed by atoms with Gasteiger partial charge in [-0.15, -0.1) is 0 Å². The van der Waals surface area contributed by atoms with Crippen molar-refractivity contribution in [1.29, 1.82) is 0 Å². The van der Waals surface area contributed by atoms with Gasteiger partial charge in [0.25, 0.3) is 5.89 Å². The molecule has 4 nitrogen and oxygen atoms in total. The minimum atomic E-state index is -0.297. The zero-order valence-corrected chi connectivity index (χ0v) is 11.9. The van der Waals surface area contributed by atoms with Crippen molar-refractivity contribution < 1.29 is 9.26 Å². The smallest absolute Gasteiger partial charge is 0.258 e. The van der Waals surface area contributed by atoms with E-state index in [1.54, 1.807) is 0 Å². The van der Waals surface area contributed by atoms with Crippen LogP contribution in [0.5, 0.6) is 0 Å². The zero-order valence-electron chi connectivity index (χ0n) is 11.1. The van der Waals surface area contributed by atoms with Crippen molar-refractivity contribution in [2.24, 2.45) is 0 Å². The molecule has 18 heavy (non-hydrogen) atoms. The van der Waals surface area contributed by atoms with Gasteiger partial charge in [-0.05, 0) is 51.7 Å². The molecule has 1 aromatic heterocycles. The highest BCUT2D eigenvalue weighted by Gasteiger charge is 2.50. The van der Waals surface area contributed by atoms with Gasteiger partial charge in [0, 0.05) is 6.61 Å². The Morgan fingerprint density at radius 3 is 2.56 bits per heavy atom. The highest BCUT2D eigenvalue weighted by Crippen LogP contribution is 2.55. The van der Waals surface area contributed by atoms with E-state index < -0.39 is 0 Å². The maximum absolute atomic E-state index is 5.95. The molecule has 3 rings (SSSR count). The first-order valence-corrected chi connectivity index (χ1v) is 8.01. The molecule has 0 aliphatic heterocycles. The van der Waals surface area contributed by atoms with Gasteiger partial charge in [-0.2, -0.15) is 16.7 Å². The summed E-state index contributed by atoms with van der Waals surface area (Å²) < 4.78 is 11.6. The van der Waals surface area contributed by atoms with Crippen LogP contribution in [0.2, 0.25) is 0 Å². The van der Waals surface area contributed by atoms with E-state index in [0.717, 1.165) is 31.5 Å². The maximum atomic E-state index is 5.95. The number of hydrogen-bond donors (Lipinski definition) is 0. The number of rotatable bonds is 5. The molecule has 0 spiro atoms. The predicted octanol–water partition coefficient (Wildman–Crippen LogP) is 3.23. The highest BCUT2D eigenvalue weighted by molar-refractivity contribution is 7.99. The van der Waals surface area contributed by atoms with Crippen LogP contribution in [0.1, 0.15) is 57.2 Å². The summed E-state index contributed by atoms with van der Waals surface area (Å²) in [5, 5.41) is 4.21. The van der Waals surface area contributed by atoms with Gasteiger partial charge in [0.1, 0.15) is 5.60 Å². The summed E-state index contributed by atoms with van der Waals surface area (Å²) in [6.45, 7) is 2.73.